The van der Waals surface area contributed by atoms with Crippen LogP contribution in [0, 0.1) is 10.1 Å². The fourth-order valence-electron chi connectivity index (χ4n) is 2.18. The summed E-state index contributed by atoms with van der Waals surface area (Å²) in [4.78, 5) is 34.7. The normalized spacial score (nSPS) is 16.1. The molecule has 1 saturated heterocycles. The number of nitro groups is 1. The van der Waals surface area contributed by atoms with Crippen molar-refractivity contribution in [1.29, 1.82) is 0 Å². The van der Waals surface area contributed by atoms with Crippen LogP contribution in [0.3, 0.4) is 0 Å². The first-order valence-electron chi connectivity index (χ1n) is 6.17. The van der Waals surface area contributed by atoms with Crippen molar-refractivity contribution in [2.24, 2.45) is 0 Å². The minimum Gasteiger partial charge on any atom is -0.476 e. The fourth-order valence-corrected chi connectivity index (χ4v) is 2.18. The number of carbonyl (C=O) groups excluding carboxylic acids is 1. The van der Waals surface area contributed by atoms with Crippen LogP contribution in [0.25, 0.3) is 0 Å². The molecule has 108 valence electrons. The van der Waals surface area contributed by atoms with Gasteiger partial charge in [-0.25, -0.2) is 4.79 Å². The predicted octanol–water partition coefficient (Wildman–Crippen LogP) is 0.673. The van der Waals surface area contributed by atoms with Gasteiger partial charge in [-0.05, 0) is 19.8 Å². The SMILES string of the molecule is CC(C(=O)N1CCCC1)n1cc([N+](=O)[O-])c(C(=O)O)n1. The lowest BCUT2D eigenvalue weighted by atomic mass is 10.3. The standard InChI is InChI=1S/C11H14N4O5/c1-7(10(16)13-4-2-3-5-13)14-6-8(15(19)20)9(12-14)11(17)18/h6-7H,2-5H2,1H3,(H,17,18). The molecule has 0 aromatic carbocycles. The van der Waals surface area contributed by atoms with E-state index in [0.29, 0.717) is 13.1 Å². The van der Waals surface area contributed by atoms with E-state index in [2.05, 4.69) is 5.10 Å². The van der Waals surface area contributed by atoms with Gasteiger partial charge >= 0.3 is 11.7 Å². The maximum absolute atomic E-state index is 12.2. The summed E-state index contributed by atoms with van der Waals surface area (Å²) in [6.07, 6.45) is 2.85. The molecule has 9 nitrogen and oxygen atoms in total. The van der Waals surface area contributed by atoms with Gasteiger partial charge < -0.3 is 10.0 Å². The van der Waals surface area contributed by atoms with Crippen LogP contribution in [0.5, 0.6) is 0 Å². The second kappa shape index (κ2) is 5.27. The van der Waals surface area contributed by atoms with Crippen molar-refractivity contribution in [2.45, 2.75) is 25.8 Å². The molecular formula is C11H14N4O5. The maximum atomic E-state index is 12.2. The number of aromatic nitrogens is 2. The van der Waals surface area contributed by atoms with Gasteiger partial charge in [0.25, 0.3) is 0 Å². The molecule has 0 spiro atoms. The van der Waals surface area contributed by atoms with Gasteiger partial charge in [0.05, 0.1) is 4.92 Å². The maximum Gasteiger partial charge on any atom is 0.363 e. The molecule has 0 radical (unpaired) electrons. The zero-order valence-electron chi connectivity index (χ0n) is 10.9. The van der Waals surface area contributed by atoms with E-state index in [4.69, 9.17) is 5.11 Å². The highest BCUT2D eigenvalue weighted by Gasteiger charge is 2.30. The summed E-state index contributed by atoms with van der Waals surface area (Å²) in [6, 6.07) is -0.764. The Labute approximate surface area is 113 Å². The third kappa shape index (κ3) is 2.46. The van der Waals surface area contributed by atoms with E-state index < -0.39 is 28.3 Å². The van der Waals surface area contributed by atoms with E-state index in [9.17, 15) is 19.7 Å². The van der Waals surface area contributed by atoms with E-state index in [-0.39, 0.29) is 5.91 Å². The van der Waals surface area contributed by atoms with Gasteiger partial charge in [-0.2, -0.15) is 5.10 Å². The summed E-state index contributed by atoms with van der Waals surface area (Å²) >= 11 is 0. The monoisotopic (exact) mass is 282 g/mol. The van der Waals surface area contributed by atoms with E-state index in [1.54, 1.807) is 11.8 Å². The van der Waals surface area contributed by atoms with Crippen LogP contribution in [0.1, 0.15) is 36.3 Å². The van der Waals surface area contributed by atoms with Gasteiger partial charge in [0.1, 0.15) is 12.2 Å². The molecule has 2 heterocycles. The molecule has 1 aromatic rings. The quantitative estimate of drug-likeness (QED) is 0.640. The third-order valence-electron chi connectivity index (χ3n) is 3.28. The summed E-state index contributed by atoms with van der Waals surface area (Å²) in [7, 11) is 0. The van der Waals surface area contributed by atoms with Crippen LogP contribution >= 0.6 is 0 Å². The van der Waals surface area contributed by atoms with Crippen LogP contribution in [-0.2, 0) is 4.79 Å². The van der Waals surface area contributed by atoms with Gasteiger partial charge in [-0.3, -0.25) is 19.6 Å². The molecule has 1 amide bonds. The summed E-state index contributed by atoms with van der Waals surface area (Å²) < 4.78 is 1.04. The molecule has 1 unspecified atom stereocenters. The number of hydrogen-bond donors (Lipinski definition) is 1. The van der Waals surface area contributed by atoms with Crippen molar-refractivity contribution in [3.63, 3.8) is 0 Å². The zero-order valence-corrected chi connectivity index (χ0v) is 10.9. The molecule has 1 atom stereocenters. The molecule has 1 aliphatic heterocycles. The minimum atomic E-state index is -1.49. The second-order valence-electron chi connectivity index (χ2n) is 4.61. The lowest BCUT2D eigenvalue weighted by molar-refractivity contribution is -0.385. The van der Waals surface area contributed by atoms with Gasteiger partial charge in [0.2, 0.25) is 11.6 Å². The van der Waals surface area contributed by atoms with Crippen molar-refractivity contribution in [2.75, 3.05) is 13.1 Å². The molecule has 0 bridgehead atoms. The van der Waals surface area contributed by atoms with E-state index in [0.717, 1.165) is 23.7 Å². The Morgan fingerprint density at radius 2 is 2.05 bits per heavy atom. The number of rotatable bonds is 4. The Kier molecular flexibility index (Phi) is 3.68. The molecule has 20 heavy (non-hydrogen) atoms. The summed E-state index contributed by atoms with van der Waals surface area (Å²) in [5, 5.41) is 23.3. The van der Waals surface area contributed by atoms with Gasteiger partial charge in [-0.15, -0.1) is 0 Å². The first-order valence-corrected chi connectivity index (χ1v) is 6.17. The van der Waals surface area contributed by atoms with Crippen molar-refractivity contribution in [3.05, 3.63) is 22.0 Å². The first-order chi connectivity index (χ1) is 9.41. The number of carboxylic acids is 1. The van der Waals surface area contributed by atoms with Gasteiger partial charge in [0, 0.05) is 13.1 Å². The first kappa shape index (κ1) is 14.0. The molecule has 1 aliphatic rings. The van der Waals surface area contributed by atoms with Crippen LogP contribution < -0.4 is 0 Å². The Balaban J connectivity index is 2.27. The zero-order chi connectivity index (χ0) is 14.9. The molecule has 2 rings (SSSR count). The summed E-state index contributed by atoms with van der Waals surface area (Å²) in [5.41, 5.74) is -1.27. The predicted molar refractivity (Wildman–Crippen MR) is 66.4 cm³/mol. The van der Waals surface area contributed by atoms with Crippen molar-refractivity contribution >= 4 is 17.6 Å². The van der Waals surface area contributed by atoms with Crippen LogP contribution in [0.15, 0.2) is 6.20 Å². The number of nitrogens with zero attached hydrogens (tertiary/aromatic N) is 4. The number of hydrogen-bond acceptors (Lipinski definition) is 5. The van der Waals surface area contributed by atoms with Crippen molar-refractivity contribution in [1.82, 2.24) is 14.7 Å². The smallest absolute Gasteiger partial charge is 0.363 e. The lowest BCUT2D eigenvalue weighted by Gasteiger charge is -2.20. The summed E-state index contributed by atoms with van der Waals surface area (Å²) in [5.74, 6) is -1.70. The molecule has 9 heteroatoms. The van der Waals surface area contributed by atoms with E-state index >= 15 is 0 Å². The Bertz CT molecular complexity index is 530. The highest BCUT2D eigenvalue weighted by molar-refractivity contribution is 5.90. The average Bonchev–Trinajstić information content (AvgIpc) is 3.05. The summed E-state index contributed by atoms with van der Waals surface area (Å²) in [6.45, 7) is 2.85. The molecule has 1 fully saturated rings. The van der Waals surface area contributed by atoms with Gasteiger partial charge in [0.15, 0.2) is 0 Å². The number of carboxylic acid groups (broad SMARTS) is 1. The molecule has 1 aromatic heterocycles. The number of carbonyl (C=O) groups is 2. The number of amides is 1. The lowest BCUT2D eigenvalue weighted by Crippen LogP contribution is -2.34. The highest BCUT2D eigenvalue weighted by Crippen LogP contribution is 2.21. The van der Waals surface area contributed by atoms with Crippen molar-refractivity contribution in [3.8, 4) is 0 Å². The third-order valence-corrected chi connectivity index (χ3v) is 3.28. The highest BCUT2D eigenvalue weighted by atomic mass is 16.6. The van der Waals surface area contributed by atoms with E-state index in [1.165, 1.54) is 0 Å². The topological polar surface area (TPSA) is 119 Å². The average molecular weight is 282 g/mol. The van der Waals surface area contributed by atoms with Crippen molar-refractivity contribution < 1.29 is 19.6 Å². The largest absolute Gasteiger partial charge is 0.476 e. The van der Waals surface area contributed by atoms with Crippen LogP contribution in [0.4, 0.5) is 5.69 Å². The Morgan fingerprint density at radius 3 is 2.50 bits per heavy atom. The van der Waals surface area contributed by atoms with Crippen LogP contribution in [0.2, 0.25) is 0 Å². The Hall–Kier alpha value is -2.45. The molecule has 0 aliphatic carbocycles. The second-order valence-corrected chi connectivity index (χ2v) is 4.61. The Morgan fingerprint density at radius 1 is 1.45 bits per heavy atom. The fraction of sp³-hybridized carbons (Fsp3) is 0.545. The molecule has 0 saturated carbocycles. The number of aromatic carboxylic acids is 1. The molecule has 1 N–H and O–H groups in total. The van der Waals surface area contributed by atoms with E-state index in [1.807, 2.05) is 0 Å². The number of likely N-dealkylation sites (tertiary alicyclic amines) is 1. The minimum absolute atomic E-state index is 0.211. The molecular weight excluding hydrogens is 268 g/mol. The van der Waals surface area contributed by atoms with Gasteiger partial charge in [-0.1, -0.05) is 0 Å². The van der Waals surface area contributed by atoms with Crippen LogP contribution in [-0.4, -0.2) is 49.7 Å².